The van der Waals surface area contributed by atoms with Crippen molar-refractivity contribution in [2.75, 3.05) is 6.54 Å². The van der Waals surface area contributed by atoms with Crippen molar-refractivity contribution in [1.29, 1.82) is 0 Å². The molecule has 0 aromatic heterocycles. The van der Waals surface area contributed by atoms with Crippen molar-refractivity contribution in [3.63, 3.8) is 0 Å². The maximum Gasteiger partial charge on any atom is 0.0132 e. The zero-order valence-electron chi connectivity index (χ0n) is 12.3. The van der Waals surface area contributed by atoms with Crippen LogP contribution in [-0.4, -0.2) is 18.6 Å². The molecular formula is C16H30N2. The Labute approximate surface area is 112 Å². The summed E-state index contributed by atoms with van der Waals surface area (Å²) in [5.74, 6) is 1.67. The van der Waals surface area contributed by atoms with Gasteiger partial charge in [0.2, 0.25) is 0 Å². The van der Waals surface area contributed by atoms with E-state index in [1.165, 1.54) is 38.5 Å². The molecule has 2 nitrogen and oxygen atoms in total. The van der Waals surface area contributed by atoms with E-state index >= 15 is 0 Å². The molecule has 5 atom stereocenters. The molecule has 0 heterocycles. The minimum atomic E-state index is 0.513. The Morgan fingerprint density at radius 3 is 2.50 bits per heavy atom. The van der Waals surface area contributed by atoms with Crippen molar-refractivity contribution in [3.8, 4) is 0 Å². The second kappa shape index (κ2) is 4.21. The molecule has 5 unspecified atom stereocenters. The lowest BCUT2D eigenvalue weighted by atomic mass is 9.69. The first-order chi connectivity index (χ1) is 8.49. The molecule has 3 fully saturated rings. The van der Waals surface area contributed by atoms with Crippen molar-refractivity contribution in [2.45, 2.75) is 71.4 Å². The van der Waals surface area contributed by atoms with E-state index in [9.17, 15) is 0 Å². The molecule has 0 saturated heterocycles. The van der Waals surface area contributed by atoms with E-state index < -0.39 is 0 Å². The second-order valence-electron chi connectivity index (χ2n) is 7.86. The molecule has 3 aliphatic carbocycles. The average molecular weight is 250 g/mol. The number of hydrogen-bond donors (Lipinski definition) is 2. The van der Waals surface area contributed by atoms with Crippen LogP contribution in [0.4, 0.5) is 0 Å². The Hall–Kier alpha value is -0.0800. The molecule has 2 heteroatoms. The number of rotatable bonds is 3. The second-order valence-corrected chi connectivity index (χ2v) is 7.86. The highest BCUT2D eigenvalue weighted by molar-refractivity contribution is 5.13. The zero-order valence-corrected chi connectivity index (χ0v) is 12.3. The molecule has 3 aliphatic rings. The summed E-state index contributed by atoms with van der Waals surface area (Å²) < 4.78 is 0. The maximum absolute atomic E-state index is 5.92. The fourth-order valence-electron chi connectivity index (χ4n) is 5.25. The van der Waals surface area contributed by atoms with Gasteiger partial charge >= 0.3 is 0 Å². The van der Waals surface area contributed by atoms with E-state index in [0.717, 1.165) is 24.4 Å². The van der Waals surface area contributed by atoms with Crippen molar-refractivity contribution >= 4 is 0 Å². The molecule has 104 valence electrons. The highest BCUT2D eigenvalue weighted by Gasteiger charge is 2.61. The minimum Gasteiger partial charge on any atom is -0.330 e. The third kappa shape index (κ3) is 1.61. The van der Waals surface area contributed by atoms with Crippen LogP contribution in [0.1, 0.15) is 59.3 Å². The predicted octanol–water partition coefficient (Wildman–Crippen LogP) is 2.92. The summed E-state index contributed by atoms with van der Waals surface area (Å²) in [4.78, 5) is 0. The van der Waals surface area contributed by atoms with Gasteiger partial charge in [-0.15, -0.1) is 0 Å². The van der Waals surface area contributed by atoms with Crippen LogP contribution in [0.3, 0.4) is 0 Å². The van der Waals surface area contributed by atoms with Gasteiger partial charge in [0.1, 0.15) is 0 Å². The summed E-state index contributed by atoms with van der Waals surface area (Å²) in [5, 5.41) is 4.03. The molecule has 0 aromatic carbocycles. The molecule has 0 aromatic rings. The van der Waals surface area contributed by atoms with Gasteiger partial charge in [-0.25, -0.2) is 0 Å². The van der Waals surface area contributed by atoms with Crippen LogP contribution >= 0.6 is 0 Å². The Kier molecular flexibility index (Phi) is 3.02. The topological polar surface area (TPSA) is 38.0 Å². The van der Waals surface area contributed by atoms with E-state index in [1.807, 2.05) is 0 Å². The van der Waals surface area contributed by atoms with E-state index in [1.54, 1.807) is 0 Å². The zero-order chi connectivity index (χ0) is 13.0. The Morgan fingerprint density at radius 2 is 1.94 bits per heavy atom. The van der Waals surface area contributed by atoms with E-state index in [2.05, 4.69) is 26.1 Å². The molecule has 3 rings (SSSR count). The first-order valence-electron chi connectivity index (χ1n) is 7.95. The summed E-state index contributed by atoms with van der Waals surface area (Å²) in [6.45, 7) is 8.40. The van der Waals surface area contributed by atoms with Gasteiger partial charge in [-0.2, -0.15) is 0 Å². The third-order valence-corrected chi connectivity index (χ3v) is 7.17. The van der Waals surface area contributed by atoms with Gasteiger partial charge in [0.15, 0.2) is 0 Å². The molecule has 3 N–H and O–H groups in total. The lowest BCUT2D eigenvalue weighted by molar-refractivity contribution is 0.112. The lowest BCUT2D eigenvalue weighted by Gasteiger charge is -2.41. The van der Waals surface area contributed by atoms with Gasteiger partial charge < -0.3 is 11.1 Å². The Morgan fingerprint density at radius 1 is 1.17 bits per heavy atom. The van der Waals surface area contributed by atoms with Crippen molar-refractivity contribution in [1.82, 2.24) is 5.32 Å². The molecule has 0 amide bonds. The van der Waals surface area contributed by atoms with Gasteiger partial charge in [-0.3, -0.25) is 0 Å². The highest BCUT2D eigenvalue weighted by Crippen LogP contribution is 2.65. The van der Waals surface area contributed by atoms with Crippen molar-refractivity contribution in [3.05, 3.63) is 0 Å². The minimum absolute atomic E-state index is 0.513. The van der Waals surface area contributed by atoms with E-state index in [-0.39, 0.29) is 0 Å². The third-order valence-electron chi connectivity index (χ3n) is 7.17. The molecule has 0 aliphatic heterocycles. The van der Waals surface area contributed by atoms with Crippen molar-refractivity contribution < 1.29 is 0 Å². The van der Waals surface area contributed by atoms with Gasteiger partial charge in [-0.1, -0.05) is 27.2 Å². The summed E-state index contributed by atoms with van der Waals surface area (Å²) in [6, 6.07) is 1.44. The van der Waals surface area contributed by atoms with Crippen LogP contribution in [0, 0.1) is 22.7 Å². The number of nitrogens with two attached hydrogens (primary N) is 1. The maximum atomic E-state index is 5.92. The molecule has 18 heavy (non-hydrogen) atoms. The first-order valence-corrected chi connectivity index (χ1v) is 7.95. The number of nitrogens with one attached hydrogen (secondary N) is 1. The normalized spacial score (nSPS) is 50.0. The summed E-state index contributed by atoms with van der Waals surface area (Å²) in [7, 11) is 0. The summed E-state index contributed by atoms with van der Waals surface area (Å²) in [6.07, 6.45) is 8.33. The Bertz CT molecular complexity index is 325. The quantitative estimate of drug-likeness (QED) is 0.808. The van der Waals surface area contributed by atoms with Crippen LogP contribution in [0.5, 0.6) is 0 Å². The average Bonchev–Trinajstić information content (AvgIpc) is 2.91. The van der Waals surface area contributed by atoms with Crippen LogP contribution in [-0.2, 0) is 0 Å². The molecule has 0 spiro atoms. The first kappa shape index (κ1) is 12.9. The highest BCUT2D eigenvalue weighted by atomic mass is 15.0. The van der Waals surface area contributed by atoms with Gasteiger partial charge in [0, 0.05) is 12.1 Å². The van der Waals surface area contributed by atoms with Crippen molar-refractivity contribution in [2.24, 2.45) is 28.4 Å². The SMILES string of the molecule is CC1(C)C2CCC1(C)C(NC1CCCC1CN)C2. The number of hydrogen-bond acceptors (Lipinski definition) is 2. The van der Waals surface area contributed by atoms with E-state index in [4.69, 9.17) is 5.73 Å². The summed E-state index contributed by atoms with van der Waals surface area (Å²) in [5.41, 5.74) is 6.96. The number of fused-ring (bicyclic) bond motifs is 2. The van der Waals surface area contributed by atoms with Crippen LogP contribution in [0.2, 0.25) is 0 Å². The van der Waals surface area contributed by atoms with Gasteiger partial charge in [0.05, 0.1) is 0 Å². The molecule has 2 bridgehead atoms. The van der Waals surface area contributed by atoms with Crippen LogP contribution < -0.4 is 11.1 Å². The van der Waals surface area contributed by atoms with Crippen LogP contribution in [0.25, 0.3) is 0 Å². The largest absolute Gasteiger partial charge is 0.330 e. The molecule has 3 saturated carbocycles. The van der Waals surface area contributed by atoms with Gasteiger partial charge in [0.25, 0.3) is 0 Å². The Balaban J connectivity index is 1.72. The van der Waals surface area contributed by atoms with E-state index in [0.29, 0.717) is 16.9 Å². The lowest BCUT2D eigenvalue weighted by Crippen LogP contribution is -2.50. The molecule has 0 radical (unpaired) electrons. The molecular weight excluding hydrogens is 220 g/mol. The fourth-order valence-corrected chi connectivity index (χ4v) is 5.25. The predicted molar refractivity (Wildman–Crippen MR) is 76.3 cm³/mol. The summed E-state index contributed by atoms with van der Waals surface area (Å²) >= 11 is 0. The monoisotopic (exact) mass is 250 g/mol. The van der Waals surface area contributed by atoms with Crippen LogP contribution in [0.15, 0.2) is 0 Å². The fraction of sp³-hybridized carbons (Fsp3) is 1.00. The van der Waals surface area contributed by atoms with Gasteiger partial charge in [-0.05, 0) is 61.3 Å². The smallest absolute Gasteiger partial charge is 0.0132 e. The standard InChI is InChI=1S/C16H30N2/c1-15(2)12-7-8-16(15,3)14(9-12)18-13-6-4-5-11(13)10-17/h11-14,18H,4-10,17H2,1-3H3.